The van der Waals surface area contributed by atoms with Crippen LogP contribution in [0.2, 0.25) is 0 Å². The normalized spacial score (nSPS) is 11.5. The van der Waals surface area contributed by atoms with Gasteiger partial charge in [0.05, 0.1) is 5.69 Å². The molecule has 3 aromatic carbocycles. The summed E-state index contributed by atoms with van der Waals surface area (Å²) in [6.45, 7) is 1.68. The molecule has 0 aliphatic carbocycles. The number of aromatic amines is 1. The van der Waals surface area contributed by atoms with E-state index in [9.17, 15) is 17.6 Å². The summed E-state index contributed by atoms with van der Waals surface area (Å²) in [6.07, 6.45) is 0. The number of sulfonamides is 1. The van der Waals surface area contributed by atoms with Crippen LogP contribution in [0.1, 0.15) is 16.1 Å². The smallest absolute Gasteiger partial charge is 0.266 e. The summed E-state index contributed by atoms with van der Waals surface area (Å²) in [5.41, 5.74) is 2.58. The molecule has 0 radical (unpaired) electrons. The van der Waals surface area contributed by atoms with Crippen LogP contribution in [0.3, 0.4) is 0 Å². The number of carbonyl (C=O) groups excluding carboxylic acids is 1. The van der Waals surface area contributed by atoms with Gasteiger partial charge in [0, 0.05) is 29.2 Å². The summed E-state index contributed by atoms with van der Waals surface area (Å²) < 4.78 is 46.1. The molecule has 6 nitrogen and oxygen atoms in total. The number of ether oxygens (including phenoxy) is 1. The Balaban J connectivity index is 1.48. The number of H-pyrrole nitrogens is 1. The van der Waals surface area contributed by atoms with E-state index in [0.717, 1.165) is 27.0 Å². The van der Waals surface area contributed by atoms with Gasteiger partial charge in [0.25, 0.3) is 10.0 Å². The van der Waals surface area contributed by atoms with Crippen LogP contribution in [0.5, 0.6) is 5.75 Å². The number of aromatic nitrogens is 1. The Morgan fingerprint density at radius 2 is 1.66 bits per heavy atom. The van der Waals surface area contributed by atoms with E-state index in [-0.39, 0.29) is 12.4 Å². The molecule has 1 N–H and O–H groups in total. The Bertz CT molecular complexity index is 1400. The molecular weight excluding hydrogens is 431 g/mol. The average Bonchev–Trinajstić information content (AvgIpc) is 3.13. The van der Waals surface area contributed by atoms with Crippen LogP contribution >= 0.6 is 0 Å². The highest BCUT2D eigenvalue weighted by atomic mass is 32.2. The van der Waals surface area contributed by atoms with Gasteiger partial charge >= 0.3 is 0 Å². The van der Waals surface area contributed by atoms with Gasteiger partial charge in [0.15, 0.2) is 6.61 Å². The Kier molecular flexibility index (Phi) is 5.71. The van der Waals surface area contributed by atoms with Crippen molar-refractivity contribution in [3.05, 3.63) is 89.9 Å². The third-order valence-corrected chi connectivity index (χ3v) is 7.04. The molecule has 0 amide bonds. The number of rotatable bonds is 7. The minimum absolute atomic E-state index is 0.161. The number of carbonyl (C=O) groups is 1. The summed E-state index contributed by atoms with van der Waals surface area (Å²) in [5, 5.41) is 0.842. The predicted octanol–water partition coefficient (Wildman–Crippen LogP) is 4.70. The summed E-state index contributed by atoms with van der Waals surface area (Å²) in [4.78, 5) is 15.5. The molecule has 0 spiro atoms. The molecule has 0 fully saturated rings. The first kappa shape index (κ1) is 21.6. The predicted molar refractivity (Wildman–Crippen MR) is 121 cm³/mol. The lowest BCUT2D eigenvalue weighted by Gasteiger charge is -2.20. The number of aryl methyl sites for hydroxylation is 1. The number of nitrogens with one attached hydrogen (secondary N) is 1. The molecule has 0 atom stereocenters. The Hall–Kier alpha value is -3.65. The maximum atomic E-state index is 14.0. The van der Waals surface area contributed by atoms with Crippen molar-refractivity contribution in [3.63, 3.8) is 0 Å². The van der Waals surface area contributed by atoms with Crippen molar-refractivity contribution < 1.29 is 22.3 Å². The van der Waals surface area contributed by atoms with Crippen LogP contribution in [0.4, 0.5) is 10.1 Å². The summed E-state index contributed by atoms with van der Waals surface area (Å²) >= 11 is 0. The van der Waals surface area contributed by atoms with Gasteiger partial charge in [0.1, 0.15) is 16.5 Å². The zero-order valence-electron chi connectivity index (χ0n) is 17.5. The second kappa shape index (κ2) is 8.47. The summed E-state index contributed by atoms with van der Waals surface area (Å²) in [7, 11) is -2.71. The van der Waals surface area contributed by atoms with E-state index in [2.05, 4.69) is 4.98 Å². The Labute approximate surface area is 185 Å². The van der Waals surface area contributed by atoms with Gasteiger partial charge in [-0.05, 0) is 49.4 Å². The molecule has 0 saturated carbocycles. The highest BCUT2D eigenvalue weighted by Gasteiger charge is 2.24. The van der Waals surface area contributed by atoms with E-state index < -0.39 is 20.7 Å². The van der Waals surface area contributed by atoms with Crippen molar-refractivity contribution in [3.8, 4) is 5.75 Å². The average molecular weight is 453 g/mol. The van der Waals surface area contributed by atoms with E-state index in [1.54, 1.807) is 12.1 Å². The number of hydrogen-bond donors (Lipinski definition) is 1. The standard InChI is InChI=1S/C24H21FN2O4S/c1-16-24(19-7-3-5-9-21(19)26-16)22(28)15-31-18-13-11-17(12-14-18)27(2)32(29,30)23-10-6-4-8-20(23)25/h3-14,26H,15H2,1-2H3. The van der Waals surface area contributed by atoms with Crippen LogP contribution < -0.4 is 9.04 Å². The fourth-order valence-electron chi connectivity index (χ4n) is 3.55. The van der Waals surface area contributed by atoms with Crippen LogP contribution in [0.25, 0.3) is 10.9 Å². The maximum absolute atomic E-state index is 14.0. The third kappa shape index (κ3) is 3.97. The quantitative estimate of drug-likeness (QED) is 0.412. The number of anilines is 1. The zero-order chi connectivity index (χ0) is 22.9. The largest absolute Gasteiger partial charge is 0.485 e. The van der Waals surface area contributed by atoms with Crippen molar-refractivity contribution >= 4 is 32.4 Å². The van der Waals surface area contributed by atoms with Gasteiger partial charge in [-0.25, -0.2) is 12.8 Å². The van der Waals surface area contributed by atoms with Crippen LogP contribution in [-0.4, -0.2) is 32.8 Å². The van der Waals surface area contributed by atoms with Crippen LogP contribution in [-0.2, 0) is 10.0 Å². The number of hydrogen-bond acceptors (Lipinski definition) is 4. The monoisotopic (exact) mass is 452 g/mol. The molecule has 0 aliphatic heterocycles. The zero-order valence-corrected chi connectivity index (χ0v) is 18.3. The van der Waals surface area contributed by atoms with E-state index in [1.165, 1.54) is 37.4 Å². The minimum Gasteiger partial charge on any atom is -0.485 e. The van der Waals surface area contributed by atoms with E-state index >= 15 is 0 Å². The number of Topliss-reactive ketones (excluding diaryl/α,β-unsaturated/α-hetero) is 1. The van der Waals surface area contributed by atoms with Gasteiger partial charge in [-0.3, -0.25) is 9.10 Å². The number of fused-ring (bicyclic) bond motifs is 1. The molecule has 32 heavy (non-hydrogen) atoms. The second-order valence-electron chi connectivity index (χ2n) is 7.28. The Morgan fingerprint density at radius 3 is 2.38 bits per heavy atom. The van der Waals surface area contributed by atoms with Crippen molar-refractivity contribution in [2.24, 2.45) is 0 Å². The lowest BCUT2D eigenvalue weighted by molar-refractivity contribution is 0.0922. The van der Waals surface area contributed by atoms with Crippen molar-refractivity contribution in [2.45, 2.75) is 11.8 Å². The van der Waals surface area contributed by atoms with Gasteiger partial charge in [0.2, 0.25) is 5.78 Å². The van der Waals surface area contributed by atoms with Gasteiger partial charge in [-0.15, -0.1) is 0 Å². The molecular formula is C24H21FN2O4S. The number of nitrogens with zero attached hydrogens (tertiary/aromatic N) is 1. The third-order valence-electron chi connectivity index (χ3n) is 5.22. The molecule has 8 heteroatoms. The SMILES string of the molecule is Cc1[nH]c2ccccc2c1C(=O)COc1ccc(N(C)S(=O)(=O)c2ccccc2F)cc1. The summed E-state index contributed by atoms with van der Waals surface area (Å²) in [5.74, 6) is -0.565. The molecule has 4 rings (SSSR count). The fraction of sp³-hybridized carbons (Fsp3) is 0.125. The molecule has 0 saturated heterocycles. The lowest BCUT2D eigenvalue weighted by atomic mass is 10.1. The molecule has 0 unspecified atom stereocenters. The van der Waals surface area contributed by atoms with Gasteiger partial charge < -0.3 is 9.72 Å². The molecule has 0 bridgehead atoms. The van der Waals surface area contributed by atoms with E-state index in [4.69, 9.17) is 4.74 Å². The van der Waals surface area contributed by atoms with Crippen molar-refractivity contribution in [1.82, 2.24) is 4.98 Å². The molecule has 0 aliphatic rings. The van der Waals surface area contributed by atoms with Gasteiger partial charge in [-0.1, -0.05) is 30.3 Å². The highest BCUT2D eigenvalue weighted by Crippen LogP contribution is 2.26. The topological polar surface area (TPSA) is 79.5 Å². The molecule has 1 heterocycles. The first-order valence-corrected chi connectivity index (χ1v) is 11.3. The maximum Gasteiger partial charge on any atom is 0.266 e. The highest BCUT2D eigenvalue weighted by molar-refractivity contribution is 7.92. The molecule has 164 valence electrons. The Morgan fingerprint density at radius 1 is 1.00 bits per heavy atom. The number of benzene rings is 3. The van der Waals surface area contributed by atoms with Crippen molar-refractivity contribution in [2.75, 3.05) is 18.0 Å². The number of ketones is 1. The van der Waals surface area contributed by atoms with Gasteiger partial charge in [-0.2, -0.15) is 0 Å². The minimum atomic E-state index is -4.06. The first-order chi connectivity index (χ1) is 15.3. The van der Waals surface area contributed by atoms with Crippen LogP contribution in [0.15, 0.2) is 77.7 Å². The van der Waals surface area contributed by atoms with Crippen LogP contribution in [0, 0.1) is 12.7 Å². The lowest BCUT2D eigenvalue weighted by Crippen LogP contribution is -2.27. The second-order valence-corrected chi connectivity index (χ2v) is 9.22. The molecule has 4 aromatic rings. The number of halogens is 1. The van der Waals surface area contributed by atoms with Crippen molar-refractivity contribution in [1.29, 1.82) is 0 Å². The first-order valence-electron chi connectivity index (χ1n) is 9.86. The number of para-hydroxylation sites is 1. The summed E-state index contributed by atoms with van der Waals surface area (Å²) in [6, 6.07) is 19.0. The fourth-order valence-corrected chi connectivity index (χ4v) is 4.81. The van der Waals surface area contributed by atoms with E-state index in [1.807, 2.05) is 31.2 Å². The molecule has 1 aromatic heterocycles. The van der Waals surface area contributed by atoms with E-state index in [0.29, 0.717) is 17.0 Å².